The van der Waals surface area contributed by atoms with Crippen LogP contribution in [0.3, 0.4) is 0 Å². The summed E-state index contributed by atoms with van der Waals surface area (Å²) in [5, 5.41) is 8.49. The van der Waals surface area contributed by atoms with E-state index in [2.05, 4.69) is 27.8 Å². The number of piperidine rings is 1. The van der Waals surface area contributed by atoms with Gasteiger partial charge in [-0.3, -0.25) is 33.7 Å². The molecule has 3 rings (SSSR count). The smallest absolute Gasteiger partial charge is 0.246 e. The van der Waals surface area contributed by atoms with E-state index < -0.39 is 48.2 Å². The van der Waals surface area contributed by atoms with Crippen LogP contribution in [0.4, 0.5) is 5.69 Å². The highest BCUT2D eigenvalue weighted by atomic mass is 16.5. The summed E-state index contributed by atoms with van der Waals surface area (Å²) in [7, 11) is 8.59. The van der Waals surface area contributed by atoms with Crippen LogP contribution in [-0.2, 0) is 44.7 Å². The molecule has 2 aliphatic rings. The van der Waals surface area contributed by atoms with Crippen molar-refractivity contribution in [3.05, 3.63) is 29.8 Å². The van der Waals surface area contributed by atoms with Crippen molar-refractivity contribution < 1.29 is 38.2 Å². The molecule has 16 heteroatoms. The minimum absolute atomic E-state index is 0.0198. The van der Waals surface area contributed by atoms with Crippen molar-refractivity contribution in [3.8, 4) is 0 Å². The monoisotopic (exact) mass is 871 g/mol. The molecule has 0 radical (unpaired) electrons. The van der Waals surface area contributed by atoms with Gasteiger partial charge in [-0.05, 0) is 89.1 Å². The lowest BCUT2D eigenvalue weighted by atomic mass is 9.89. The van der Waals surface area contributed by atoms with Gasteiger partial charge in [0.05, 0.1) is 48.7 Å². The van der Waals surface area contributed by atoms with Gasteiger partial charge in [0.1, 0.15) is 12.1 Å². The van der Waals surface area contributed by atoms with Gasteiger partial charge in [0.2, 0.25) is 35.4 Å². The number of likely N-dealkylation sites (N-methyl/N-ethyl adjacent to an activating group) is 3. The van der Waals surface area contributed by atoms with E-state index in [0.29, 0.717) is 31.6 Å². The number of nitrogens with one attached hydrogen (secondary N) is 3. The molecule has 0 bridgehead atoms. The van der Waals surface area contributed by atoms with Gasteiger partial charge in [0.25, 0.3) is 0 Å². The first-order valence-corrected chi connectivity index (χ1v) is 22.6. The van der Waals surface area contributed by atoms with Crippen LogP contribution in [0.25, 0.3) is 0 Å². The minimum Gasteiger partial charge on any atom is -0.379 e. The number of nitrogens with zero attached hydrogens (tertiary/aromatic N) is 4. The number of rotatable bonds is 22. The van der Waals surface area contributed by atoms with Crippen molar-refractivity contribution in [3.63, 3.8) is 0 Å². The predicted molar refractivity (Wildman–Crippen MR) is 241 cm³/mol. The van der Waals surface area contributed by atoms with Crippen LogP contribution in [0, 0.1) is 17.8 Å². The lowest BCUT2D eigenvalue weighted by Crippen LogP contribution is -2.59. The third-order valence-electron chi connectivity index (χ3n) is 13.0. The summed E-state index contributed by atoms with van der Waals surface area (Å²) in [5.74, 6) is -2.13. The van der Waals surface area contributed by atoms with E-state index in [-0.39, 0.29) is 59.9 Å². The highest BCUT2D eigenvalue weighted by Crippen LogP contribution is 2.30. The molecule has 1 aromatic rings. The van der Waals surface area contributed by atoms with Gasteiger partial charge in [-0.25, -0.2) is 0 Å². The van der Waals surface area contributed by atoms with Gasteiger partial charge in [0.15, 0.2) is 0 Å². The van der Waals surface area contributed by atoms with Crippen LogP contribution in [0.5, 0.6) is 0 Å². The maximum atomic E-state index is 14.3. The fourth-order valence-corrected chi connectivity index (χ4v) is 8.91. The Hall–Kier alpha value is -4.12. The summed E-state index contributed by atoms with van der Waals surface area (Å²) >= 11 is 0. The Morgan fingerprint density at radius 1 is 0.887 bits per heavy atom. The molecule has 5 N–H and O–H groups in total. The Morgan fingerprint density at radius 2 is 1.58 bits per heavy atom. The standard InChI is InChI=1S/C46H78N8O8/c1-13-29(4)40(53(10)46(60)39(28(2)3)50-44(58)36-20-14-15-23-51(36)8)37(61-11)27-38(55)54-24-17-21-35(54)41(62-12)30(5)45(59)52(9)25-22-33-18-16-19-34(26-33)49-43(57)32(7)48-42(56)31(6)47/h16,18-19,26,28-32,35-37,39-41H,13-15,17,20-25,27,47H2,1-12H3,(H,48,56)(H,49,57)(H,50,58)/t29-,30+,31-,32-,35-,36-,37+,39-,40-,41+/m0/s1. The molecular formula is C46H78N8O8. The van der Waals surface area contributed by atoms with Crippen LogP contribution in [0.1, 0.15) is 99.0 Å². The molecule has 1 aromatic carbocycles. The second-order valence-electron chi connectivity index (χ2n) is 18.0. The van der Waals surface area contributed by atoms with Gasteiger partial charge in [0, 0.05) is 47.1 Å². The van der Waals surface area contributed by atoms with Crippen LogP contribution in [0.15, 0.2) is 24.3 Å². The lowest BCUT2D eigenvalue weighted by molar-refractivity contribution is -0.149. The molecule has 6 amide bonds. The Bertz CT molecular complexity index is 1660. The third kappa shape index (κ3) is 13.9. The number of hydrogen-bond acceptors (Lipinski definition) is 10. The summed E-state index contributed by atoms with van der Waals surface area (Å²) in [6.07, 6.45) is 4.32. The van der Waals surface area contributed by atoms with Gasteiger partial charge < -0.3 is 45.9 Å². The van der Waals surface area contributed by atoms with E-state index >= 15 is 0 Å². The second kappa shape index (κ2) is 24.7. The number of benzene rings is 1. The van der Waals surface area contributed by atoms with E-state index in [0.717, 1.165) is 44.2 Å². The summed E-state index contributed by atoms with van der Waals surface area (Å²) in [6, 6.07) is 4.04. The highest BCUT2D eigenvalue weighted by Gasteiger charge is 2.43. The maximum Gasteiger partial charge on any atom is 0.246 e. The number of anilines is 1. The zero-order valence-corrected chi connectivity index (χ0v) is 39.6. The number of carbonyl (C=O) groups excluding carboxylic acids is 6. The van der Waals surface area contributed by atoms with Gasteiger partial charge in [-0.1, -0.05) is 59.6 Å². The fourth-order valence-electron chi connectivity index (χ4n) is 8.91. The SMILES string of the molecule is CC[C@H](C)[C@@H]([C@@H](CC(=O)N1CCC[C@H]1[C@H](OC)[C@@H](C)C(=O)N(C)CCc1cccc(NC(=O)[C@H](C)NC(=O)[C@H](C)N)c1)OC)N(C)C(=O)[C@@H](NC(=O)[C@@H]1CCCCN1C)C(C)C. The number of amides is 6. The summed E-state index contributed by atoms with van der Waals surface area (Å²) < 4.78 is 12.1. The quantitative estimate of drug-likeness (QED) is 0.135. The molecule has 2 aliphatic heterocycles. The predicted octanol–water partition coefficient (Wildman–Crippen LogP) is 3.02. The number of nitrogens with two attached hydrogens (primary N) is 1. The van der Waals surface area contributed by atoms with E-state index in [4.69, 9.17) is 15.2 Å². The maximum absolute atomic E-state index is 14.3. The van der Waals surface area contributed by atoms with Crippen molar-refractivity contribution in [2.45, 2.75) is 148 Å². The summed E-state index contributed by atoms with van der Waals surface area (Å²) in [6.45, 7) is 14.7. The zero-order chi connectivity index (χ0) is 46.4. The van der Waals surface area contributed by atoms with Crippen LogP contribution >= 0.6 is 0 Å². The van der Waals surface area contributed by atoms with Crippen molar-refractivity contribution >= 4 is 41.1 Å². The third-order valence-corrected chi connectivity index (χ3v) is 13.0. The number of carbonyl (C=O) groups is 6. The van der Waals surface area contributed by atoms with Crippen LogP contribution in [-0.4, -0.2) is 158 Å². The van der Waals surface area contributed by atoms with Gasteiger partial charge in [-0.15, -0.1) is 0 Å². The van der Waals surface area contributed by atoms with E-state index in [9.17, 15) is 28.8 Å². The second-order valence-corrected chi connectivity index (χ2v) is 18.0. The largest absolute Gasteiger partial charge is 0.379 e. The average molecular weight is 871 g/mol. The highest BCUT2D eigenvalue weighted by molar-refractivity contribution is 5.97. The van der Waals surface area contributed by atoms with Crippen molar-refractivity contribution in [2.24, 2.45) is 23.5 Å². The fraction of sp³-hybridized carbons (Fsp3) is 0.739. The molecule has 0 saturated carbocycles. The van der Waals surface area contributed by atoms with E-state index in [1.165, 1.54) is 0 Å². The molecule has 62 heavy (non-hydrogen) atoms. The number of methoxy groups -OCH3 is 2. The molecule has 16 nitrogen and oxygen atoms in total. The molecule has 0 spiro atoms. The minimum atomic E-state index is -0.777. The number of ether oxygens (including phenoxy) is 2. The Morgan fingerprint density at radius 3 is 2.18 bits per heavy atom. The van der Waals surface area contributed by atoms with Crippen molar-refractivity contribution in [1.82, 2.24) is 30.2 Å². The Balaban J connectivity index is 1.68. The number of hydrogen-bond donors (Lipinski definition) is 4. The van der Waals surface area contributed by atoms with Crippen LogP contribution in [0.2, 0.25) is 0 Å². The summed E-state index contributed by atoms with van der Waals surface area (Å²) in [4.78, 5) is 87.8. The molecule has 10 atom stereocenters. The van der Waals surface area contributed by atoms with Gasteiger partial charge in [-0.2, -0.15) is 0 Å². The topological polar surface area (TPSA) is 196 Å². The Labute approximate surface area is 370 Å². The molecule has 2 saturated heterocycles. The molecule has 0 aliphatic carbocycles. The molecule has 0 aromatic heterocycles. The van der Waals surface area contributed by atoms with E-state index in [1.54, 1.807) is 58.0 Å². The molecule has 350 valence electrons. The molecule has 2 heterocycles. The number of likely N-dealkylation sites (tertiary alicyclic amines) is 2. The molecular weight excluding hydrogens is 793 g/mol. The lowest BCUT2D eigenvalue weighted by Gasteiger charge is -2.41. The Kier molecular flexibility index (Phi) is 20.8. The van der Waals surface area contributed by atoms with Crippen molar-refractivity contribution in [2.75, 3.05) is 60.3 Å². The molecule has 0 unspecified atom stereocenters. The first kappa shape index (κ1) is 52.2. The first-order chi connectivity index (χ1) is 29.3. The van der Waals surface area contributed by atoms with Crippen LogP contribution < -0.4 is 21.7 Å². The first-order valence-electron chi connectivity index (χ1n) is 22.6. The zero-order valence-electron chi connectivity index (χ0n) is 39.6. The molecule has 2 fully saturated rings. The average Bonchev–Trinajstić information content (AvgIpc) is 3.73. The normalized spacial score (nSPS) is 20.8. The van der Waals surface area contributed by atoms with E-state index in [1.807, 2.05) is 57.8 Å². The summed E-state index contributed by atoms with van der Waals surface area (Å²) in [5.41, 5.74) is 7.08. The van der Waals surface area contributed by atoms with Gasteiger partial charge >= 0.3 is 0 Å². The van der Waals surface area contributed by atoms with Crippen molar-refractivity contribution in [1.29, 1.82) is 0 Å².